The summed E-state index contributed by atoms with van der Waals surface area (Å²) < 4.78 is 31.9. The standard InChI is InChI=1S/C12H15N3O3S/c1-10-9-15(6-3-7-18-10)19(16,17)12-4-2-5-14-11(12)8-13/h2,4-5,10H,3,6-7,9H2,1H3. The Hall–Kier alpha value is -1.49. The lowest BCUT2D eigenvalue weighted by atomic mass is 10.4. The molecule has 0 radical (unpaired) electrons. The van der Waals surface area contributed by atoms with Gasteiger partial charge in [0.05, 0.1) is 6.10 Å². The summed E-state index contributed by atoms with van der Waals surface area (Å²) in [6.07, 6.45) is 1.90. The van der Waals surface area contributed by atoms with Crippen LogP contribution in [0.3, 0.4) is 0 Å². The zero-order valence-corrected chi connectivity index (χ0v) is 11.4. The minimum absolute atomic E-state index is 0.0356. The number of nitriles is 1. The molecule has 1 aliphatic heterocycles. The number of hydrogen-bond acceptors (Lipinski definition) is 5. The van der Waals surface area contributed by atoms with Gasteiger partial charge in [0.2, 0.25) is 10.0 Å². The summed E-state index contributed by atoms with van der Waals surface area (Å²) in [6.45, 7) is 3.07. The van der Waals surface area contributed by atoms with Crippen LogP contribution in [0.15, 0.2) is 23.2 Å². The molecule has 1 aromatic rings. The average molecular weight is 281 g/mol. The van der Waals surface area contributed by atoms with Crippen molar-refractivity contribution in [3.8, 4) is 6.07 Å². The lowest BCUT2D eigenvalue weighted by Gasteiger charge is -2.21. The normalized spacial score (nSPS) is 21.6. The van der Waals surface area contributed by atoms with Crippen molar-refractivity contribution in [1.29, 1.82) is 5.26 Å². The van der Waals surface area contributed by atoms with Crippen LogP contribution in [0.4, 0.5) is 0 Å². The van der Waals surface area contributed by atoms with E-state index in [-0.39, 0.29) is 16.7 Å². The highest BCUT2D eigenvalue weighted by atomic mass is 32.2. The minimum Gasteiger partial charge on any atom is -0.377 e. The quantitative estimate of drug-likeness (QED) is 0.799. The Bertz CT molecular complexity index is 594. The molecule has 7 heteroatoms. The first-order chi connectivity index (χ1) is 9.05. The van der Waals surface area contributed by atoms with Crippen LogP contribution in [0.1, 0.15) is 19.0 Å². The number of sulfonamides is 1. The number of hydrogen-bond donors (Lipinski definition) is 0. The molecule has 6 nitrogen and oxygen atoms in total. The van der Waals surface area contributed by atoms with Crippen molar-refractivity contribution in [3.05, 3.63) is 24.0 Å². The van der Waals surface area contributed by atoms with Crippen LogP contribution in [0.2, 0.25) is 0 Å². The fourth-order valence-corrected chi connectivity index (χ4v) is 3.64. The molecule has 1 saturated heterocycles. The first-order valence-corrected chi connectivity index (χ1v) is 7.46. The van der Waals surface area contributed by atoms with Crippen LogP contribution < -0.4 is 0 Å². The van der Waals surface area contributed by atoms with Gasteiger partial charge in [0.1, 0.15) is 11.0 Å². The molecule has 1 aliphatic rings. The first-order valence-electron chi connectivity index (χ1n) is 6.02. The summed E-state index contributed by atoms with van der Waals surface area (Å²) in [7, 11) is -3.69. The molecule has 2 rings (SSSR count). The van der Waals surface area contributed by atoms with Crippen LogP contribution in [0.5, 0.6) is 0 Å². The molecule has 1 atom stereocenters. The molecule has 0 aromatic carbocycles. The van der Waals surface area contributed by atoms with Gasteiger partial charge in [0.25, 0.3) is 0 Å². The van der Waals surface area contributed by atoms with Gasteiger partial charge >= 0.3 is 0 Å². The average Bonchev–Trinajstić information content (AvgIpc) is 2.64. The molecular formula is C12H15N3O3S. The van der Waals surface area contributed by atoms with E-state index in [0.717, 1.165) is 0 Å². The predicted octanol–water partition coefficient (Wildman–Crippen LogP) is 0.753. The Morgan fingerprint density at radius 2 is 2.37 bits per heavy atom. The first kappa shape index (κ1) is 13.9. The van der Waals surface area contributed by atoms with Crippen LogP contribution in [0.25, 0.3) is 0 Å². The van der Waals surface area contributed by atoms with Crippen LogP contribution in [-0.4, -0.2) is 43.5 Å². The maximum atomic E-state index is 12.5. The molecular weight excluding hydrogens is 266 g/mol. The van der Waals surface area contributed by atoms with Crippen molar-refractivity contribution >= 4 is 10.0 Å². The highest BCUT2D eigenvalue weighted by Gasteiger charge is 2.30. The van der Waals surface area contributed by atoms with Gasteiger partial charge in [-0.3, -0.25) is 0 Å². The Kier molecular flexibility index (Phi) is 4.14. The SMILES string of the molecule is CC1CN(S(=O)(=O)c2cccnc2C#N)CCCO1. The van der Waals surface area contributed by atoms with Gasteiger partial charge in [-0.2, -0.15) is 9.57 Å². The second-order valence-corrected chi connectivity index (χ2v) is 6.27. The molecule has 2 heterocycles. The van der Waals surface area contributed by atoms with Crippen molar-refractivity contribution in [3.63, 3.8) is 0 Å². The summed E-state index contributed by atoms with van der Waals surface area (Å²) in [4.78, 5) is 3.77. The van der Waals surface area contributed by atoms with Gasteiger partial charge in [0, 0.05) is 25.9 Å². The van der Waals surface area contributed by atoms with Crippen molar-refractivity contribution < 1.29 is 13.2 Å². The third-order valence-electron chi connectivity index (χ3n) is 2.91. The van der Waals surface area contributed by atoms with E-state index in [1.807, 2.05) is 13.0 Å². The zero-order valence-electron chi connectivity index (χ0n) is 10.6. The Morgan fingerprint density at radius 3 is 3.11 bits per heavy atom. The van der Waals surface area contributed by atoms with Crippen molar-refractivity contribution in [2.45, 2.75) is 24.3 Å². The summed E-state index contributed by atoms with van der Waals surface area (Å²) in [6, 6.07) is 4.75. The smallest absolute Gasteiger partial charge is 0.246 e. The molecule has 1 aromatic heterocycles. The topological polar surface area (TPSA) is 83.3 Å². The Balaban J connectivity index is 2.39. The predicted molar refractivity (Wildman–Crippen MR) is 67.7 cm³/mol. The highest BCUT2D eigenvalue weighted by Crippen LogP contribution is 2.20. The summed E-state index contributed by atoms with van der Waals surface area (Å²) in [5, 5.41) is 8.97. The minimum atomic E-state index is -3.69. The van der Waals surface area contributed by atoms with E-state index in [0.29, 0.717) is 26.1 Å². The molecule has 1 unspecified atom stereocenters. The number of rotatable bonds is 2. The lowest BCUT2D eigenvalue weighted by Crippen LogP contribution is -2.36. The fraction of sp³-hybridized carbons (Fsp3) is 0.500. The maximum Gasteiger partial charge on any atom is 0.246 e. The summed E-state index contributed by atoms with van der Waals surface area (Å²) in [5.74, 6) is 0. The van der Waals surface area contributed by atoms with E-state index < -0.39 is 10.0 Å². The van der Waals surface area contributed by atoms with Gasteiger partial charge < -0.3 is 4.74 Å². The highest BCUT2D eigenvalue weighted by molar-refractivity contribution is 7.89. The monoisotopic (exact) mass is 281 g/mol. The van der Waals surface area contributed by atoms with E-state index >= 15 is 0 Å². The summed E-state index contributed by atoms with van der Waals surface area (Å²) >= 11 is 0. The lowest BCUT2D eigenvalue weighted by molar-refractivity contribution is 0.0752. The molecule has 19 heavy (non-hydrogen) atoms. The third-order valence-corrected chi connectivity index (χ3v) is 4.81. The van der Waals surface area contributed by atoms with Gasteiger partial charge in [-0.1, -0.05) is 0 Å². The van der Waals surface area contributed by atoms with Gasteiger partial charge in [-0.25, -0.2) is 13.4 Å². The Labute approximate surface area is 112 Å². The number of pyridine rings is 1. The molecule has 0 spiro atoms. The molecule has 102 valence electrons. The van der Waals surface area contributed by atoms with Crippen molar-refractivity contribution in [1.82, 2.24) is 9.29 Å². The van der Waals surface area contributed by atoms with Gasteiger partial charge in [-0.15, -0.1) is 0 Å². The van der Waals surface area contributed by atoms with Gasteiger partial charge in [-0.05, 0) is 25.5 Å². The largest absolute Gasteiger partial charge is 0.377 e. The number of aromatic nitrogens is 1. The Morgan fingerprint density at radius 1 is 1.58 bits per heavy atom. The van der Waals surface area contributed by atoms with E-state index in [1.54, 1.807) is 0 Å². The van der Waals surface area contributed by atoms with E-state index in [2.05, 4.69) is 4.98 Å². The zero-order chi connectivity index (χ0) is 13.9. The number of ether oxygens (including phenoxy) is 1. The maximum absolute atomic E-state index is 12.5. The van der Waals surface area contributed by atoms with E-state index in [9.17, 15) is 8.42 Å². The van der Waals surface area contributed by atoms with E-state index in [4.69, 9.17) is 10.00 Å². The van der Waals surface area contributed by atoms with Gasteiger partial charge in [0.15, 0.2) is 5.69 Å². The molecule has 0 amide bonds. The molecule has 0 saturated carbocycles. The number of nitrogens with zero attached hydrogens (tertiary/aromatic N) is 3. The molecule has 0 N–H and O–H groups in total. The third kappa shape index (κ3) is 2.92. The van der Waals surface area contributed by atoms with Crippen LogP contribution in [-0.2, 0) is 14.8 Å². The molecule has 0 aliphatic carbocycles. The molecule has 1 fully saturated rings. The van der Waals surface area contributed by atoms with Crippen molar-refractivity contribution in [2.75, 3.05) is 19.7 Å². The second-order valence-electron chi connectivity index (χ2n) is 4.36. The van der Waals surface area contributed by atoms with Crippen molar-refractivity contribution in [2.24, 2.45) is 0 Å². The molecule has 0 bridgehead atoms. The summed E-state index contributed by atoms with van der Waals surface area (Å²) in [5.41, 5.74) is -0.0691. The van der Waals surface area contributed by atoms with Crippen LogP contribution >= 0.6 is 0 Å². The van der Waals surface area contributed by atoms with Crippen LogP contribution in [0, 0.1) is 11.3 Å². The fourth-order valence-electron chi connectivity index (χ4n) is 2.00. The second kappa shape index (κ2) is 5.65. The van der Waals surface area contributed by atoms with E-state index in [1.165, 1.54) is 22.6 Å².